The summed E-state index contributed by atoms with van der Waals surface area (Å²) in [5.41, 5.74) is 0. The fourth-order valence-corrected chi connectivity index (χ4v) is 3.27. The lowest BCUT2D eigenvalue weighted by molar-refractivity contribution is -0.139. The lowest BCUT2D eigenvalue weighted by atomic mass is 10.3. The quantitative estimate of drug-likeness (QED) is 0.342. The molecule has 2 amide bonds. The Morgan fingerprint density at radius 1 is 1.15 bits per heavy atom. The van der Waals surface area contributed by atoms with Gasteiger partial charge in [0.15, 0.2) is 10.9 Å². The molecule has 0 fully saturated rings. The molecule has 1 aromatic heterocycles. The average molecular weight is 410 g/mol. The van der Waals surface area contributed by atoms with E-state index >= 15 is 0 Å². The average Bonchev–Trinajstić information content (AvgIpc) is 3.11. The van der Waals surface area contributed by atoms with Crippen molar-refractivity contribution in [3.63, 3.8) is 0 Å². The predicted molar refractivity (Wildman–Crippen MR) is 101 cm³/mol. The highest BCUT2D eigenvalue weighted by Crippen LogP contribution is 2.25. The SMILES string of the molecule is CCOC(=O)CSc1nnc(NC(=O)CNC(=O)COc2ccccc2)s1. The normalized spacial score (nSPS) is 10.1. The van der Waals surface area contributed by atoms with Crippen LogP contribution in [0.3, 0.4) is 0 Å². The molecule has 0 aliphatic carbocycles. The summed E-state index contributed by atoms with van der Waals surface area (Å²) < 4.78 is 10.6. The Bertz CT molecular complexity index is 769. The highest BCUT2D eigenvalue weighted by atomic mass is 32.2. The Balaban J connectivity index is 1.66. The van der Waals surface area contributed by atoms with Gasteiger partial charge in [-0.1, -0.05) is 41.3 Å². The van der Waals surface area contributed by atoms with Crippen molar-refractivity contribution in [3.8, 4) is 5.75 Å². The van der Waals surface area contributed by atoms with Crippen LogP contribution in [-0.4, -0.2) is 53.5 Å². The third-order valence-corrected chi connectivity index (χ3v) is 4.78. The maximum atomic E-state index is 11.8. The first kappa shape index (κ1) is 20.6. The van der Waals surface area contributed by atoms with Crippen molar-refractivity contribution in [2.45, 2.75) is 11.3 Å². The molecular weight excluding hydrogens is 392 g/mol. The number of anilines is 1. The number of rotatable bonds is 10. The van der Waals surface area contributed by atoms with Crippen molar-refractivity contribution in [3.05, 3.63) is 30.3 Å². The molecular formula is C16H18N4O5S2. The second-order valence-corrected chi connectivity index (χ2v) is 7.09. The van der Waals surface area contributed by atoms with Gasteiger partial charge in [0.2, 0.25) is 11.0 Å². The lowest BCUT2D eigenvalue weighted by Gasteiger charge is -2.07. The monoisotopic (exact) mass is 410 g/mol. The van der Waals surface area contributed by atoms with Crippen molar-refractivity contribution in [1.29, 1.82) is 0 Å². The van der Waals surface area contributed by atoms with E-state index in [2.05, 4.69) is 20.8 Å². The zero-order valence-electron chi connectivity index (χ0n) is 14.5. The molecule has 0 radical (unpaired) electrons. The molecule has 0 atom stereocenters. The van der Waals surface area contributed by atoms with Crippen molar-refractivity contribution in [2.24, 2.45) is 0 Å². The smallest absolute Gasteiger partial charge is 0.316 e. The van der Waals surface area contributed by atoms with E-state index in [0.717, 1.165) is 11.3 Å². The zero-order valence-corrected chi connectivity index (χ0v) is 16.1. The van der Waals surface area contributed by atoms with Gasteiger partial charge in [-0.2, -0.15) is 0 Å². The Hall–Kier alpha value is -2.66. The highest BCUT2D eigenvalue weighted by Gasteiger charge is 2.12. The molecule has 2 rings (SSSR count). The van der Waals surface area contributed by atoms with Crippen molar-refractivity contribution in [1.82, 2.24) is 15.5 Å². The number of carbonyl (C=O) groups excluding carboxylic acids is 3. The second-order valence-electron chi connectivity index (χ2n) is 4.89. The van der Waals surface area contributed by atoms with Crippen molar-refractivity contribution in [2.75, 3.05) is 30.8 Å². The molecule has 0 unspecified atom stereocenters. The summed E-state index contributed by atoms with van der Waals surface area (Å²) in [5, 5.41) is 12.9. The predicted octanol–water partition coefficient (Wildman–Crippen LogP) is 1.33. The van der Waals surface area contributed by atoms with E-state index < -0.39 is 11.8 Å². The second kappa shape index (κ2) is 11.1. The van der Waals surface area contributed by atoms with Crippen molar-refractivity contribution >= 4 is 46.0 Å². The van der Waals surface area contributed by atoms with Crippen LogP contribution in [0.1, 0.15) is 6.92 Å². The molecule has 144 valence electrons. The summed E-state index contributed by atoms with van der Waals surface area (Å²) >= 11 is 2.30. The van der Waals surface area contributed by atoms with Crippen LogP contribution in [0.25, 0.3) is 0 Å². The molecule has 0 saturated heterocycles. The number of benzene rings is 1. The first-order valence-corrected chi connectivity index (χ1v) is 9.73. The van der Waals surface area contributed by atoms with E-state index in [1.807, 2.05) is 6.07 Å². The van der Waals surface area contributed by atoms with Crippen LogP contribution < -0.4 is 15.4 Å². The number of esters is 1. The first-order chi connectivity index (χ1) is 13.1. The van der Waals surface area contributed by atoms with Crippen LogP contribution in [-0.2, 0) is 19.1 Å². The molecule has 0 aliphatic heterocycles. The van der Waals surface area contributed by atoms with E-state index in [1.165, 1.54) is 11.8 Å². The largest absolute Gasteiger partial charge is 0.484 e. The Morgan fingerprint density at radius 2 is 1.93 bits per heavy atom. The summed E-state index contributed by atoms with van der Waals surface area (Å²) in [6, 6.07) is 8.88. The number of para-hydroxylation sites is 1. The Morgan fingerprint density at radius 3 is 2.67 bits per heavy atom. The minimum atomic E-state index is -0.443. The van der Waals surface area contributed by atoms with Gasteiger partial charge in [-0.15, -0.1) is 10.2 Å². The summed E-state index contributed by atoms with van der Waals surface area (Å²) in [5.74, 6) is -0.519. The van der Waals surface area contributed by atoms with Crippen LogP contribution in [0.15, 0.2) is 34.7 Å². The van der Waals surface area contributed by atoms with Gasteiger partial charge in [-0.3, -0.25) is 19.7 Å². The van der Waals surface area contributed by atoms with Crippen LogP contribution in [0.4, 0.5) is 5.13 Å². The number of amides is 2. The van der Waals surface area contributed by atoms with Crippen LogP contribution in [0, 0.1) is 0 Å². The number of thioether (sulfide) groups is 1. The summed E-state index contributed by atoms with van der Waals surface area (Å²) in [6.07, 6.45) is 0. The van der Waals surface area contributed by atoms with Gasteiger partial charge >= 0.3 is 5.97 Å². The fourth-order valence-electron chi connectivity index (χ4n) is 1.70. The number of hydrogen-bond acceptors (Lipinski definition) is 9. The summed E-state index contributed by atoms with van der Waals surface area (Å²) in [6.45, 7) is 1.64. The minimum absolute atomic E-state index is 0.119. The number of aromatic nitrogens is 2. The van der Waals surface area contributed by atoms with Gasteiger partial charge in [-0.25, -0.2) is 0 Å². The first-order valence-electron chi connectivity index (χ1n) is 7.93. The topological polar surface area (TPSA) is 120 Å². The number of carbonyl (C=O) groups is 3. The van der Waals surface area contributed by atoms with Gasteiger partial charge in [0.1, 0.15) is 5.75 Å². The molecule has 0 spiro atoms. The van der Waals surface area contributed by atoms with E-state index in [9.17, 15) is 14.4 Å². The molecule has 27 heavy (non-hydrogen) atoms. The van der Waals surface area contributed by atoms with Crippen molar-refractivity contribution < 1.29 is 23.9 Å². The Kier molecular flexibility index (Phi) is 8.52. The van der Waals surface area contributed by atoms with E-state index in [1.54, 1.807) is 31.2 Å². The fraction of sp³-hybridized carbons (Fsp3) is 0.312. The third kappa shape index (κ3) is 8.05. The van der Waals surface area contributed by atoms with Crippen LogP contribution >= 0.6 is 23.1 Å². The van der Waals surface area contributed by atoms with Gasteiger partial charge < -0.3 is 14.8 Å². The molecule has 11 heteroatoms. The van der Waals surface area contributed by atoms with Crippen LogP contribution in [0.5, 0.6) is 5.75 Å². The van der Waals surface area contributed by atoms with Crippen LogP contribution in [0.2, 0.25) is 0 Å². The van der Waals surface area contributed by atoms with Gasteiger partial charge in [0.25, 0.3) is 5.91 Å². The summed E-state index contributed by atoms with van der Waals surface area (Å²) in [7, 11) is 0. The molecule has 1 aromatic carbocycles. The number of ether oxygens (including phenoxy) is 2. The number of hydrogen-bond donors (Lipinski definition) is 2. The molecule has 9 nitrogen and oxygen atoms in total. The standard InChI is InChI=1S/C16H18N4O5S2/c1-2-24-14(23)10-26-16-20-19-15(27-16)18-12(21)8-17-13(22)9-25-11-6-4-3-5-7-11/h3-7H,2,8-10H2,1H3,(H,17,22)(H,18,19,21). The molecule has 2 N–H and O–H groups in total. The molecule has 0 bridgehead atoms. The van der Waals surface area contributed by atoms with Gasteiger partial charge in [-0.05, 0) is 19.1 Å². The zero-order chi connectivity index (χ0) is 19.5. The maximum Gasteiger partial charge on any atom is 0.316 e. The lowest BCUT2D eigenvalue weighted by Crippen LogP contribution is -2.35. The number of nitrogens with zero attached hydrogens (tertiary/aromatic N) is 2. The molecule has 2 aromatic rings. The van der Waals surface area contributed by atoms with E-state index in [-0.39, 0.29) is 30.0 Å². The highest BCUT2D eigenvalue weighted by molar-refractivity contribution is 8.01. The maximum absolute atomic E-state index is 11.8. The van der Waals surface area contributed by atoms with E-state index in [4.69, 9.17) is 9.47 Å². The number of nitrogens with one attached hydrogen (secondary N) is 2. The third-order valence-electron chi connectivity index (χ3n) is 2.83. The van der Waals surface area contributed by atoms with Gasteiger partial charge in [0, 0.05) is 0 Å². The minimum Gasteiger partial charge on any atom is -0.484 e. The molecule has 1 heterocycles. The molecule has 0 aliphatic rings. The Labute approximate surface area is 163 Å². The van der Waals surface area contributed by atoms with E-state index in [0.29, 0.717) is 16.7 Å². The molecule has 0 saturated carbocycles. The summed E-state index contributed by atoms with van der Waals surface area (Å²) in [4.78, 5) is 34.8. The van der Waals surface area contributed by atoms with Gasteiger partial charge in [0.05, 0.1) is 18.9 Å².